The highest BCUT2D eigenvalue weighted by atomic mass is 32.2. The molecule has 0 bridgehead atoms. The molecule has 27 heavy (non-hydrogen) atoms. The maximum Gasteiger partial charge on any atom is 0.233 e. The monoisotopic (exact) mass is 387 g/mol. The number of fused-ring (bicyclic) bond motifs is 1. The minimum Gasteiger partial charge on any atom is -0.494 e. The molecule has 0 saturated carbocycles. The molecule has 2 aromatic carbocycles. The number of hydrogen-bond donors (Lipinski definition) is 2. The first-order chi connectivity index (χ1) is 13.0. The molecule has 7 heteroatoms. The number of rotatable bonds is 7. The van der Waals surface area contributed by atoms with Gasteiger partial charge < -0.3 is 15.0 Å². The van der Waals surface area contributed by atoms with Crippen molar-refractivity contribution in [2.75, 3.05) is 6.61 Å². The van der Waals surface area contributed by atoms with E-state index in [0.717, 1.165) is 22.3 Å². The zero-order valence-electron chi connectivity index (χ0n) is 15.5. The van der Waals surface area contributed by atoms with Crippen LogP contribution in [0, 0.1) is 5.82 Å². The Morgan fingerprint density at radius 3 is 2.70 bits per heavy atom. The molecule has 0 saturated heterocycles. The summed E-state index contributed by atoms with van der Waals surface area (Å²) < 4.78 is 18.5. The molecule has 0 radical (unpaired) electrons. The van der Waals surface area contributed by atoms with E-state index in [1.807, 2.05) is 39.0 Å². The van der Waals surface area contributed by atoms with Crippen LogP contribution in [0.3, 0.4) is 0 Å². The van der Waals surface area contributed by atoms with E-state index >= 15 is 0 Å². The minimum absolute atomic E-state index is 0.104. The molecule has 2 N–H and O–H groups in total. The van der Waals surface area contributed by atoms with Crippen LogP contribution in [0.25, 0.3) is 11.0 Å². The van der Waals surface area contributed by atoms with Gasteiger partial charge in [-0.1, -0.05) is 23.9 Å². The number of H-pyrrole nitrogens is 1. The maximum atomic E-state index is 13.0. The van der Waals surface area contributed by atoms with Gasteiger partial charge in [0.2, 0.25) is 5.91 Å². The number of amides is 1. The number of benzene rings is 2. The van der Waals surface area contributed by atoms with Crippen molar-refractivity contribution in [1.82, 2.24) is 15.3 Å². The van der Waals surface area contributed by atoms with Crippen molar-refractivity contribution < 1.29 is 13.9 Å². The molecule has 0 fully saturated rings. The summed E-state index contributed by atoms with van der Waals surface area (Å²) >= 11 is 1.36. The number of nitrogens with zero attached hydrogens (tertiary/aromatic N) is 1. The van der Waals surface area contributed by atoms with Gasteiger partial charge in [0, 0.05) is 6.07 Å². The number of imidazole rings is 1. The fourth-order valence-corrected chi connectivity index (χ4v) is 3.49. The second kappa shape index (κ2) is 8.43. The van der Waals surface area contributed by atoms with Gasteiger partial charge in [-0.25, -0.2) is 9.37 Å². The predicted molar refractivity (Wildman–Crippen MR) is 106 cm³/mol. The summed E-state index contributed by atoms with van der Waals surface area (Å²) in [4.78, 5) is 20.2. The quantitative estimate of drug-likeness (QED) is 0.588. The van der Waals surface area contributed by atoms with Crippen LogP contribution < -0.4 is 10.1 Å². The van der Waals surface area contributed by atoms with Crippen molar-refractivity contribution in [1.29, 1.82) is 0 Å². The van der Waals surface area contributed by atoms with Gasteiger partial charge in [-0.05, 0) is 50.6 Å². The summed E-state index contributed by atoms with van der Waals surface area (Å²) in [7, 11) is 0. The Bertz CT molecular complexity index is 927. The topological polar surface area (TPSA) is 67.0 Å². The number of nitrogens with one attached hydrogen (secondary N) is 2. The van der Waals surface area contributed by atoms with Crippen molar-refractivity contribution in [2.24, 2.45) is 0 Å². The van der Waals surface area contributed by atoms with Gasteiger partial charge in [0.05, 0.1) is 28.9 Å². The van der Waals surface area contributed by atoms with Crippen LogP contribution in [0.2, 0.25) is 0 Å². The van der Waals surface area contributed by atoms with E-state index in [1.54, 1.807) is 12.1 Å². The lowest BCUT2D eigenvalue weighted by atomic mass is 10.1. The third-order valence-corrected chi connectivity index (χ3v) is 5.11. The number of hydrogen-bond acceptors (Lipinski definition) is 4. The van der Waals surface area contributed by atoms with Crippen LogP contribution in [0.1, 0.15) is 32.4 Å². The minimum atomic E-state index is -0.333. The van der Waals surface area contributed by atoms with Gasteiger partial charge in [-0.2, -0.15) is 0 Å². The standard InChI is InChI=1S/C20H22FN3O2S/c1-4-26-16-9-10-17-18(11-16)24-20(23-17)27-13(3)19(25)22-12(2)14-5-7-15(21)8-6-14/h5-13H,4H2,1-3H3,(H,22,25)(H,23,24). The van der Waals surface area contributed by atoms with E-state index in [9.17, 15) is 9.18 Å². The number of carbonyl (C=O) groups is 1. The normalized spacial score (nSPS) is 13.3. The lowest BCUT2D eigenvalue weighted by molar-refractivity contribution is -0.120. The molecule has 0 spiro atoms. The van der Waals surface area contributed by atoms with E-state index in [0.29, 0.717) is 11.8 Å². The van der Waals surface area contributed by atoms with Crippen LogP contribution in [0.15, 0.2) is 47.6 Å². The van der Waals surface area contributed by atoms with E-state index in [2.05, 4.69) is 15.3 Å². The predicted octanol–water partition coefficient (Wildman–Crippen LogP) is 4.46. The number of aromatic amines is 1. The molecule has 142 valence electrons. The molecule has 2 atom stereocenters. The average Bonchev–Trinajstić information content (AvgIpc) is 3.03. The second-order valence-corrected chi connectivity index (χ2v) is 7.53. The summed E-state index contributed by atoms with van der Waals surface area (Å²) in [5.74, 6) is 0.384. The average molecular weight is 387 g/mol. The summed E-state index contributed by atoms with van der Waals surface area (Å²) in [6.07, 6.45) is 0. The van der Waals surface area contributed by atoms with Crippen LogP contribution in [-0.4, -0.2) is 27.7 Å². The molecule has 2 unspecified atom stereocenters. The number of halogens is 1. The smallest absolute Gasteiger partial charge is 0.233 e. The van der Waals surface area contributed by atoms with Gasteiger partial charge in [-0.15, -0.1) is 0 Å². The molecule has 1 aromatic heterocycles. The SMILES string of the molecule is CCOc1ccc2nc(SC(C)C(=O)NC(C)c3ccc(F)cc3)[nH]c2c1. The fraction of sp³-hybridized carbons (Fsp3) is 0.300. The third-order valence-electron chi connectivity index (χ3n) is 4.13. The van der Waals surface area contributed by atoms with Gasteiger partial charge >= 0.3 is 0 Å². The Labute approximate surface area is 161 Å². The highest BCUT2D eigenvalue weighted by molar-refractivity contribution is 8.00. The Balaban J connectivity index is 1.63. The number of ether oxygens (including phenoxy) is 1. The summed E-state index contributed by atoms with van der Waals surface area (Å²) in [5.41, 5.74) is 2.55. The van der Waals surface area contributed by atoms with Gasteiger partial charge in [0.25, 0.3) is 0 Å². The number of carbonyl (C=O) groups excluding carboxylic acids is 1. The van der Waals surface area contributed by atoms with Crippen molar-refractivity contribution in [3.63, 3.8) is 0 Å². The Morgan fingerprint density at radius 2 is 2.00 bits per heavy atom. The maximum absolute atomic E-state index is 13.0. The molecule has 5 nitrogen and oxygen atoms in total. The van der Waals surface area contributed by atoms with Crippen LogP contribution in [0.4, 0.5) is 4.39 Å². The molecule has 0 aliphatic rings. The first-order valence-electron chi connectivity index (χ1n) is 8.81. The first kappa shape index (κ1) is 19.2. The Morgan fingerprint density at radius 1 is 1.26 bits per heavy atom. The molecule has 3 aromatic rings. The highest BCUT2D eigenvalue weighted by Gasteiger charge is 2.19. The van der Waals surface area contributed by atoms with Crippen molar-refractivity contribution >= 4 is 28.7 Å². The highest BCUT2D eigenvalue weighted by Crippen LogP contribution is 2.26. The molecule has 1 heterocycles. The zero-order chi connectivity index (χ0) is 19.4. The molecular formula is C20H22FN3O2S. The van der Waals surface area contributed by atoms with Crippen molar-refractivity contribution in [3.05, 3.63) is 53.8 Å². The molecule has 0 aliphatic heterocycles. The molecule has 0 aliphatic carbocycles. The lowest BCUT2D eigenvalue weighted by Crippen LogP contribution is -2.33. The van der Waals surface area contributed by atoms with E-state index in [-0.39, 0.29) is 23.0 Å². The lowest BCUT2D eigenvalue weighted by Gasteiger charge is -2.17. The van der Waals surface area contributed by atoms with Crippen LogP contribution in [0.5, 0.6) is 5.75 Å². The largest absolute Gasteiger partial charge is 0.494 e. The van der Waals surface area contributed by atoms with Crippen molar-refractivity contribution in [3.8, 4) is 5.75 Å². The van der Waals surface area contributed by atoms with E-state index < -0.39 is 0 Å². The van der Waals surface area contributed by atoms with Gasteiger partial charge in [0.1, 0.15) is 11.6 Å². The Kier molecular flexibility index (Phi) is 6.01. The number of thioether (sulfide) groups is 1. The summed E-state index contributed by atoms with van der Waals surface area (Å²) in [6, 6.07) is 11.6. The number of aromatic nitrogens is 2. The van der Waals surface area contributed by atoms with E-state index in [1.165, 1.54) is 23.9 Å². The van der Waals surface area contributed by atoms with Gasteiger partial charge in [0.15, 0.2) is 5.16 Å². The molecule has 1 amide bonds. The van der Waals surface area contributed by atoms with Crippen LogP contribution in [-0.2, 0) is 4.79 Å². The Hall–Kier alpha value is -2.54. The zero-order valence-corrected chi connectivity index (χ0v) is 16.3. The van der Waals surface area contributed by atoms with Crippen molar-refractivity contribution in [2.45, 2.75) is 37.2 Å². The third kappa shape index (κ3) is 4.80. The fourth-order valence-electron chi connectivity index (χ4n) is 2.66. The van der Waals surface area contributed by atoms with Gasteiger partial charge in [-0.3, -0.25) is 4.79 Å². The molecular weight excluding hydrogens is 365 g/mol. The summed E-state index contributed by atoms with van der Waals surface area (Å²) in [6.45, 7) is 6.24. The molecule has 3 rings (SSSR count). The van der Waals surface area contributed by atoms with E-state index in [4.69, 9.17) is 4.74 Å². The summed E-state index contributed by atoms with van der Waals surface area (Å²) in [5, 5.41) is 3.29. The van der Waals surface area contributed by atoms with Crippen LogP contribution >= 0.6 is 11.8 Å². The second-order valence-electron chi connectivity index (χ2n) is 6.20. The first-order valence-corrected chi connectivity index (χ1v) is 9.69.